The van der Waals surface area contributed by atoms with Gasteiger partial charge in [-0.05, 0) is 97.1 Å². The minimum atomic E-state index is -0.194. The topological polar surface area (TPSA) is 0 Å². The zero-order valence-electron chi connectivity index (χ0n) is 14.5. The molecule has 6 saturated heterocycles. The Labute approximate surface area is 199 Å². The molecule has 6 heteroatoms. The van der Waals surface area contributed by atoms with E-state index in [9.17, 15) is 0 Å². The normalized spacial score (nSPS) is 51.1. The van der Waals surface area contributed by atoms with E-state index >= 15 is 0 Å². The summed E-state index contributed by atoms with van der Waals surface area (Å²) in [6.45, 7) is 0. The Balaban J connectivity index is 1.49. The van der Waals surface area contributed by atoms with Crippen LogP contribution >= 0.6 is 83.8 Å². The van der Waals surface area contributed by atoms with Gasteiger partial charge in [-0.2, -0.15) is 0 Å². The van der Waals surface area contributed by atoms with Crippen molar-refractivity contribution in [1.82, 2.24) is 0 Å². The van der Waals surface area contributed by atoms with Crippen molar-refractivity contribution in [1.29, 1.82) is 0 Å². The third kappa shape index (κ3) is 1.48. The third-order valence-corrected chi connectivity index (χ3v) is 22.5. The van der Waals surface area contributed by atoms with Crippen LogP contribution in [-0.4, -0.2) is 32.5 Å². The standard InChI is InChI=1S/C22H14Br4S2/c23-15-13-11(21-19-9-5-27(9,19)21)7-3-1-2-4-8(7)12(22-20-10-6-28(10,20)22)14(13)16(24)18(26)17(15)25/h1-4,9-10,19-22H,5-6H2. The minimum Gasteiger partial charge on any atom is -0.222 e. The first kappa shape index (κ1) is 16.4. The summed E-state index contributed by atoms with van der Waals surface area (Å²) in [7, 11) is -0.388. The first-order valence-corrected chi connectivity index (χ1v) is 17.0. The SMILES string of the molecule is Brc1c(Br)c(Br)c2c(C3C4C5CS534)c3ccccc3c(C3C4C5CS534)c2c1Br. The number of halogens is 4. The molecule has 6 aliphatic rings. The van der Waals surface area contributed by atoms with Gasteiger partial charge in [-0.3, -0.25) is 0 Å². The number of hydrogen-bond donors (Lipinski definition) is 0. The fourth-order valence-corrected chi connectivity index (χ4v) is 19.7. The van der Waals surface area contributed by atoms with Gasteiger partial charge in [-0.25, -0.2) is 20.1 Å². The highest BCUT2D eigenvalue weighted by atomic mass is 79.9. The molecule has 0 N–H and O–H groups in total. The van der Waals surface area contributed by atoms with Crippen LogP contribution in [0.3, 0.4) is 0 Å². The van der Waals surface area contributed by atoms with Gasteiger partial charge in [0.2, 0.25) is 0 Å². The molecular weight excluding hydrogens is 648 g/mol. The van der Waals surface area contributed by atoms with Crippen LogP contribution in [0, 0.1) is 0 Å². The number of hydrogen-bond acceptors (Lipinski definition) is 0. The van der Waals surface area contributed by atoms with Crippen LogP contribution in [0.4, 0.5) is 0 Å². The van der Waals surface area contributed by atoms with E-state index < -0.39 is 0 Å². The quantitative estimate of drug-likeness (QED) is 0.112. The highest BCUT2D eigenvalue weighted by Crippen LogP contribution is 3.15. The highest BCUT2D eigenvalue weighted by Gasteiger charge is 2.95. The van der Waals surface area contributed by atoms with Gasteiger partial charge < -0.3 is 0 Å². The van der Waals surface area contributed by atoms with Crippen molar-refractivity contribution >= 4 is 105 Å². The third-order valence-electron chi connectivity index (χ3n) is 8.67. The van der Waals surface area contributed by atoms with Crippen LogP contribution in [0.15, 0.2) is 42.2 Å². The van der Waals surface area contributed by atoms with Crippen LogP contribution in [0.25, 0.3) is 21.5 Å². The zero-order valence-corrected chi connectivity index (χ0v) is 22.5. The van der Waals surface area contributed by atoms with E-state index in [4.69, 9.17) is 0 Å². The molecule has 28 heavy (non-hydrogen) atoms. The molecule has 0 radical (unpaired) electrons. The predicted molar refractivity (Wildman–Crippen MR) is 138 cm³/mol. The molecule has 0 saturated carbocycles. The highest BCUT2D eigenvalue weighted by molar-refractivity contribution is 9.15. The smallest absolute Gasteiger partial charge is 0.0477 e. The molecule has 9 rings (SSSR count). The van der Waals surface area contributed by atoms with Gasteiger partial charge in [0.05, 0.1) is 0 Å². The predicted octanol–water partition coefficient (Wildman–Crippen LogP) is 8.29. The molecule has 8 atom stereocenters. The molecule has 6 heterocycles. The van der Waals surface area contributed by atoms with E-state index in [2.05, 4.69) is 88.0 Å². The number of fused-ring (bicyclic) bond motifs is 4. The minimum absolute atomic E-state index is 0.194. The van der Waals surface area contributed by atoms with Gasteiger partial charge in [0, 0.05) is 60.2 Å². The Kier molecular flexibility index (Phi) is 2.63. The maximum absolute atomic E-state index is 4.04. The zero-order chi connectivity index (χ0) is 18.5. The van der Waals surface area contributed by atoms with E-state index in [1.807, 2.05) is 0 Å². The molecule has 0 nitrogen and oxygen atoms in total. The van der Waals surface area contributed by atoms with Crippen molar-refractivity contribution in [3.63, 3.8) is 0 Å². The molecule has 8 unspecified atom stereocenters. The second-order valence-electron chi connectivity index (χ2n) is 9.38. The van der Waals surface area contributed by atoms with Crippen molar-refractivity contribution < 1.29 is 0 Å². The summed E-state index contributed by atoms with van der Waals surface area (Å²) in [5, 5.41) is 12.4. The van der Waals surface area contributed by atoms with Gasteiger partial charge in [0.15, 0.2) is 0 Å². The lowest BCUT2D eigenvalue weighted by Gasteiger charge is -2.23. The summed E-state index contributed by atoms with van der Waals surface area (Å²) in [6, 6.07) is 9.39. The van der Waals surface area contributed by atoms with Crippen molar-refractivity contribution in [2.75, 3.05) is 11.5 Å². The maximum Gasteiger partial charge on any atom is 0.0477 e. The summed E-state index contributed by atoms with van der Waals surface area (Å²) in [6.07, 6.45) is 0. The Morgan fingerprint density at radius 1 is 0.643 bits per heavy atom. The number of benzene rings is 3. The summed E-state index contributed by atoms with van der Waals surface area (Å²) in [4.78, 5) is 0. The molecule has 2 spiro atoms. The maximum atomic E-state index is 4.04. The fraction of sp³-hybridized carbons (Fsp3) is 0.364. The van der Waals surface area contributed by atoms with Gasteiger partial charge in [-0.15, -0.1) is 0 Å². The molecule has 0 aromatic heterocycles. The summed E-state index contributed by atoms with van der Waals surface area (Å²) >= 11 is 15.8. The lowest BCUT2D eigenvalue weighted by molar-refractivity contribution is 0.970. The van der Waals surface area contributed by atoms with E-state index in [1.165, 1.54) is 19.7 Å². The van der Waals surface area contributed by atoms with Gasteiger partial charge in [0.25, 0.3) is 0 Å². The summed E-state index contributed by atoms with van der Waals surface area (Å²) < 4.78 is 4.82. The fourth-order valence-electron chi connectivity index (χ4n) is 6.84. The molecule has 0 aliphatic carbocycles. The molecule has 3 aromatic rings. The Hall–Kier alpha value is 0.800. The summed E-state index contributed by atoms with van der Waals surface area (Å²) in [5.41, 5.74) is 3.36. The van der Waals surface area contributed by atoms with E-state index in [0.29, 0.717) is 0 Å². The van der Waals surface area contributed by atoms with Crippen LogP contribution in [0.5, 0.6) is 0 Å². The van der Waals surface area contributed by atoms with E-state index in [0.717, 1.165) is 40.4 Å². The average molecular weight is 662 g/mol. The van der Waals surface area contributed by atoms with Crippen LogP contribution in [0.1, 0.15) is 21.6 Å². The molecule has 6 aliphatic heterocycles. The summed E-state index contributed by atoms with van der Waals surface area (Å²) in [5.74, 6) is 3.13. The van der Waals surface area contributed by atoms with Crippen molar-refractivity contribution in [3.05, 3.63) is 53.3 Å². The molecule has 142 valence electrons. The van der Waals surface area contributed by atoms with Gasteiger partial charge >= 0.3 is 0 Å². The molecule has 0 amide bonds. The van der Waals surface area contributed by atoms with Gasteiger partial charge in [0.1, 0.15) is 0 Å². The first-order valence-electron chi connectivity index (χ1n) is 9.80. The van der Waals surface area contributed by atoms with Gasteiger partial charge in [-0.1, -0.05) is 24.3 Å². The molecule has 3 aromatic carbocycles. The lowest BCUT2D eigenvalue weighted by Crippen LogP contribution is -2.03. The van der Waals surface area contributed by atoms with Crippen LogP contribution in [0.2, 0.25) is 0 Å². The molecule has 0 bridgehead atoms. The molecular formula is C22H14Br4S2. The number of rotatable bonds is 2. The van der Waals surface area contributed by atoms with E-state index in [1.54, 1.807) is 33.4 Å². The van der Waals surface area contributed by atoms with Crippen molar-refractivity contribution in [2.24, 2.45) is 0 Å². The Bertz CT molecular complexity index is 1280. The van der Waals surface area contributed by atoms with Crippen LogP contribution in [-0.2, 0) is 0 Å². The average Bonchev–Trinajstić information content (AvgIpc) is 3.48. The lowest BCUT2D eigenvalue weighted by atomic mass is 9.87. The van der Waals surface area contributed by atoms with Crippen LogP contribution < -0.4 is 0 Å². The Morgan fingerprint density at radius 3 is 1.36 bits per heavy atom. The molecule has 6 fully saturated rings. The largest absolute Gasteiger partial charge is 0.222 e. The van der Waals surface area contributed by atoms with E-state index in [-0.39, 0.29) is 20.1 Å². The van der Waals surface area contributed by atoms with Crippen molar-refractivity contribution in [3.8, 4) is 0 Å². The van der Waals surface area contributed by atoms with Crippen molar-refractivity contribution in [2.45, 2.75) is 31.5 Å². The second kappa shape index (κ2) is 4.47. The second-order valence-corrected chi connectivity index (χ2v) is 20.2. The first-order chi connectivity index (χ1) is 13.5. The Morgan fingerprint density at radius 2 is 1.04 bits per heavy atom. The monoisotopic (exact) mass is 658 g/mol.